The second-order valence-corrected chi connectivity index (χ2v) is 6.33. The molecule has 1 aliphatic carbocycles. The number of epoxide rings is 2. The summed E-state index contributed by atoms with van der Waals surface area (Å²) in [7, 11) is 0. The molecular weight excluding hydrogens is 267 g/mol. The molecule has 4 atom stereocenters. The van der Waals surface area contributed by atoms with Crippen LogP contribution >= 0.6 is 22.6 Å². The smallest absolute Gasteiger partial charge is 0.0988 e. The molecule has 3 rings (SSSR count). The van der Waals surface area contributed by atoms with E-state index < -0.39 is 0 Å². The summed E-state index contributed by atoms with van der Waals surface area (Å²) in [6.07, 6.45) is 6.91. The predicted octanol–water partition coefficient (Wildman–Crippen LogP) is 1.90. The molecule has 3 heteroatoms. The minimum atomic E-state index is 0.418. The van der Waals surface area contributed by atoms with E-state index in [1.807, 2.05) is 0 Å². The number of hydrogen-bond donors (Lipinski definition) is 0. The maximum absolute atomic E-state index is 5.66. The van der Waals surface area contributed by atoms with E-state index in [0.29, 0.717) is 21.7 Å². The fourth-order valence-corrected chi connectivity index (χ4v) is 3.76. The van der Waals surface area contributed by atoms with Gasteiger partial charge in [0.2, 0.25) is 0 Å². The molecule has 2 aliphatic heterocycles. The first-order valence-corrected chi connectivity index (χ1v) is 5.82. The molecule has 1 saturated carbocycles. The van der Waals surface area contributed by atoms with Gasteiger partial charge in [-0.1, -0.05) is 22.6 Å². The number of alkyl halides is 1. The average Bonchev–Trinajstić information content (AvgIpc) is 2.76. The highest BCUT2D eigenvalue weighted by Crippen LogP contribution is 2.51. The Balaban J connectivity index is 1.69. The van der Waals surface area contributed by atoms with E-state index in [9.17, 15) is 0 Å². The van der Waals surface area contributed by atoms with E-state index in [-0.39, 0.29) is 0 Å². The highest BCUT2D eigenvalue weighted by atomic mass is 127. The van der Waals surface area contributed by atoms with Crippen molar-refractivity contribution in [2.24, 2.45) is 0 Å². The highest BCUT2D eigenvalue weighted by Gasteiger charge is 2.56. The summed E-state index contributed by atoms with van der Waals surface area (Å²) >= 11 is 2.61. The summed E-state index contributed by atoms with van der Waals surface area (Å²) in [5, 5.41) is 0. The van der Waals surface area contributed by atoms with E-state index in [4.69, 9.17) is 9.47 Å². The van der Waals surface area contributed by atoms with Crippen LogP contribution in [0, 0.1) is 0 Å². The molecule has 0 aromatic rings. The van der Waals surface area contributed by atoms with Gasteiger partial charge in [0.15, 0.2) is 0 Å². The van der Waals surface area contributed by atoms with E-state index >= 15 is 0 Å². The molecule has 0 aromatic heterocycles. The standard InChI is InChI=1S/C9H13IO2/c10-9(4-6-5-11-6)3-1-2-7-8(9)12-7/h6-8H,1-5H2. The second-order valence-electron chi connectivity index (χ2n) is 4.18. The first kappa shape index (κ1) is 8.00. The Morgan fingerprint density at radius 3 is 3.08 bits per heavy atom. The Kier molecular flexibility index (Phi) is 1.72. The molecule has 0 spiro atoms. The molecule has 12 heavy (non-hydrogen) atoms. The second kappa shape index (κ2) is 2.58. The van der Waals surface area contributed by atoms with Gasteiger partial charge in [-0.2, -0.15) is 0 Å². The van der Waals surface area contributed by atoms with Crippen molar-refractivity contribution < 1.29 is 9.47 Å². The molecule has 2 saturated heterocycles. The highest BCUT2D eigenvalue weighted by molar-refractivity contribution is 14.1. The summed E-state index contributed by atoms with van der Waals surface area (Å²) in [5.74, 6) is 0. The van der Waals surface area contributed by atoms with Crippen LogP contribution in [-0.4, -0.2) is 28.3 Å². The SMILES string of the molecule is IC1(CC2CO2)CCCC2OC21. The van der Waals surface area contributed by atoms with Crippen LogP contribution < -0.4 is 0 Å². The molecule has 68 valence electrons. The van der Waals surface area contributed by atoms with E-state index in [0.717, 1.165) is 6.61 Å². The Morgan fingerprint density at radius 2 is 2.33 bits per heavy atom. The molecule has 0 aromatic carbocycles. The zero-order valence-electron chi connectivity index (χ0n) is 6.96. The third kappa shape index (κ3) is 1.30. The molecule has 3 aliphatic rings. The average molecular weight is 280 g/mol. The van der Waals surface area contributed by atoms with Gasteiger partial charge in [-0.3, -0.25) is 0 Å². The van der Waals surface area contributed by atoms with Gasteiger partial charge in [-0.15, -0.1) is 0 Å². The Morgan fingerprint density at radius 1 is 1.50 bits per heavy atom. The van der Waals surface area contributed by atoms with Gasteiger partial charge in [0.05, 0.1) is 28.3 Å². The topological polar surface area (TPSA) is 25.1 Å². The number of fused-ring (bicyclic) bond motifs is 1. The fourth-order valence-electron chi connectivity index (χ4n) is 2.34. The Bertz CT molecular complexity index is 205. The van der Waals surface area contributed by atoms with Crippen LogP contribution in [-0.2, 0) is 9.47 Å². The maximum atomic E-state index is 5.66. The summed E-state index contributed by atoms with van der Waals surface area (Å²) in [5.41, 5.74) is 0. The number of hydrogen-bond acceptors (Lipinski definition) is 2. The summed E-state index contributed by atoms with van der Waals surface area (Å²) in [6, 6.07) is 0. The van der Waals surface area contributed by atoms with Crippen molar-refractivity contribution in [1.82, 2.24) is 0 Å². The largest absolute Gasteiger partial charge is 0.373 e. The first-order valence-electron chi connectivity index (χ1n) is 4.74. The van der Waals surface area contributed by atoms with Crippen LogP contribution in [0.4, 0.5) is 0 Å². The van der Waals surface area contributed by atoms with Crippen molar-refractivity contribution in [3.05, 3.63) is 0 Å². The summed E-state index contributed by atoms with van der Waals surface area (Å²) < 4.78 is 11.4. The Hall–Kier alpha value is 0.650. The monoisotopic (exact) mass is 280 g/mol. The number of halogens is 1. The van der Waals surface area contributed by atoms with Gasteiger partial charge in [0, 0.05) is 0 Å². The molecule has 0 N–H and O–H groups in total. The van der Waals surface area contributed by atoms with Crippen molar-refractivity contribution in [2.45, 2.75) is 47.4 Å². The molecule has 3 fully saturated rings. The third-order valence-electron chi connectivity index (χ3n) is 3.14. The normalized spacial score (nSPS) is 56.2. The number of ether oxygens (including phenoxy) is 2. The molecule has 2 nitrogen and oxygen atoms in total. The lowest BCUT2D eigenvalue weighted by Crippen LogP contribution is -2.34. The van der Waals surface area contributed by atoms with Crippen molar-refractivity contribution in [3.8, 4) is 0 Å². The molecule has 4 unspecified atom stereocenters. The Labute approximate surface area is 86.1 Å². The minimum Gasteiger partial charge on any atom is -0.373 e. The van der Waals surface area contributed by atoms with Gasteiger partial charge in [0.25, 0.3) is 0 Å². The lowest BCUT2D eigenvalue weighted by atomic mass is 9.86. The van der Waals surface area contributed by atoms with Crippen LogP contribution in [0.25, 0.3) is 0 Å². The van der Waals surface area contributed by atoms with Crippen LogP contribution in [0.15, 0.2) is 0 Å². The predicted molar refractivity (Wildman–Crippen MR) is 53.6 cm³/mol. The van der Waals surface area contributed by atoms with Crippen LogP contribution in [0.3, 0.4) is 0 Å². The van der Waals surface area contributed by atoms with Crippen LogP contribution in [0.5, 0.6) is 0 Å². The zero-order valence-corrected chi connectivity index (χ0v) is 9.12. The quantitative estimate of drug-likeness (QED) is 0.438. The van der Waals surface area contributed by atoms with E-state index in [2.05, 4.69) is 22.6 Å². The molecule has 0 amide bonds. The van der Waals surface area contributed by atoms with Crippen molar-refractivity contribution in [2.75, 3.05) is 6.61 Å². The molecule has 0 bridgehead atoms. The lowest BCUT2D eigenvalue weighted by molar-refractivity contribution is 0.314. The van der Waals surface area contributed by atoms with E-state index in [1.165, 1.54) is 25.7 Å². The van der Waals surface area contributed by atoms with E-state index in [1.54, 1.807) is 0 Å². The van der Waals surface area contributed by atoms with Crippen molar-refractivity contribution in [1.29, 1.82) is 0 Å². The molecule has 2 heterocycles. The molecular formula is C9H13IO2. The van der Waals surface area contributed by atoms with Gasteiger partial charge >= 0.3 is 0 Å². The van der Waals surface area contributed by atoms with Gasteiger partial charge in [-0.25, -0.2) is 0 Å². The first-order chi connectivity index (χ1) is 5.78. The lowest BCUT2D eigenvalue weighted by Gasteiger charge is -2.27. The minimum absolute atomic E-state index is 0.418. The zero-order chi connectivity index (χ0) is 8.18. The van der Waals surface area contributed by atoms with Crippen LogP contribution in [0.1, 0.15) is 25.7 Å². The summed E-state index contributed by atoms with van der Waals surface area (Å²) in [6.45, 7) is 0.988. The molecule has 0 radical (unpaired) electrons. The van der Waals surface area contributed by atoms with Gasteiger partial charge < -0.3 is 9.47 Å². The van der Waals surface area contributed by atoms with Crippen molar-refractivity contribution >= 4 is 22.6 Å². The maximum Gasteiger partial charge on any atom is 0.0988 e. The summed E-state index contributed by atoms with van der Waals surface area (Å²) in [4.78, 5) is 0. The van der Waals surface area contributed by atoms with Crippen LogP contribution in [0.2, 0.25) is 0 Å². The third-order valence-corrected chi connectivity index (χ3v) is 4.74. The number of rotatable bonds is 2. The fraction of sp³-hybridized carbons (Fsp3) is 1.00. The van der Waals surface area contributed by atoms with Gasteiger partial charge in [-0.05, 0) is 25.7 Å². The van der Waals surface area contributed by atoms with Crippen molar-refractivity contribution in [3.63, 3.8) is 0 Å². The van der Waals surface area contributed by atoms with Gasteiger partial charge in [0.1, 0.15) is 0 Å².